The lowest BCUT2D eigenvalue weighted by molar-refractivity contribution is -0.302. The van der Waals surface area contributed by atoms with E-state index in [-0.39, 0.29) is 55.5 Å². The topological polar surface area (TPSA) is 184 Å². The molecule has 14 unspecified atom stereocenters. The number of hydrogen-bond donors (Lipinski definition) is 2. The predicted molar refractivity (Wildman–Crippen MR) is 222 cm³/mol. The molecule has 4 aliphatic rings. The first-order chi connectivity index (χ1) is 28.4. The van der Waals surface area contributed by atoms with Crippen LogP contribution < -0.4 is 0 Å². The maximum absolute atomic E-state index is 14.4. The van der Waals surface area contributed by atoms with Gasteiger partial charge in [-0.3, -0.25) is 19.2 Å². The molecule has 1 aliphatic carbocycles. The Hall–Kier alpha value is -3.27. The van der Waals surface area contributed by atoms with Gasteiger partial charge in [-0.25, -0.2) is 4.79 Å². The van der Waals surface area contributed by atoms with Gasteiger partial charge < -0.3 is 43.5 Å². The fourth-order valence-electron chi connectivity index (χ4n) is 9.76. The van der Waals surface area contributed by atoms with Gasteiger partial charge in [0.05, 0.1) is 24.4 Å². The highest BCUT2D eigenvalue weighted by Crippen LogP contribution is 2.39. The van der Waals surface area contributed by atoms with Gasteiger partial charge in [0, 0.05) is 59.0 Å². The summed E-state index contributed by atoms with van der Waals surface area (Å²) < 4.78 is 35.5. The summed E-state index contributed by atoms with van der Waals surface area (Å²) in [5, 5.41) is 23.8. The molecule has 3 heterocycles. The first-order valence-corrected chi connectivity index (χ1v) is 21.8. The van der Waals surface area contributed by atoms with Gasteiger partial charge in [-0.2, -0.15) is 0 Å². The molecule has 0 radical (unpaired) electrons. The maximum Gasteiger partial charge on any atom is 0.329 e. The molecule has 1 saturated carbocycles. The molecule has 1 amide bonds. The molecular weight excluding hydrogens is 774 g/mol. The lowest BCUT2D eigenvalue weighted by Gasteiger charge is -2.47. The number of carbonyl (C=O) groups is 5. The molecule has 2 bridgehead atoms. The van der Waals surface area contributed by atoms with Gasteiger partial charge in [0.25, 0.3) is 11.7 Å². The number of ketones is 2. The molecule has 14 atom stereocenters. The lowest BCUT2D eigenvalue weighted by atomic mass is 9.81. The highest BCUT2D eigenvalue weighted by Gasteiger charge is 2.56. The van der Waals surface area contributed by atoms with Gasteiger partial charge in [-0.15, -0.1) is 6.58 Å². The molecular formula is C46H71NO13. The van der Waals surface area contributed by atoms with E-state index in [1.54, 1.807) is 34.0 Å². The molecule has 3 aliphatic heterocycles. The van der Waals surface area contributed by atoms with E-state index in [1.165, 1.54) is 26.0 Å². The third kappa shape index (κ3) is 12.0. The van der Waals surface area contributed by atoms with E-state index in [2.05, 4.69) is 6.58 Å². The summed E-state index contributed by atoms with van der Waals surface area (Å²) in [6, 6.07) is -1.16. The van der Waals surface area contributed by atoms with E-state index in [1.807, 2.05) is 26.0 Å². The predicted octanol–water partition coefficient (Wildman–Crippen LogP) is 5.21. The van der Waals surface area contributed by atoms with Gasteiger partial charge in [-0.1, -0.05) is 44.6 Å². The fraction of sp³-hybridized carbons (Fsp3) is 0.761. The molecule has 0 aromatic heterocycles. The van der Waals surface area contributed by atoms with Gasteiger partial charge in [0.1, 0.15) is 30.1 Å². The van der Waals surface area contributed by atoms with E-state index in [4.69, 9.17) is 28.4 Å². The zero-order valence-corrected chi connectivity index (χ0v) is 37.3. The highest BCUT2D eigenvalue weighted by molar-refractivity contribution is 6.39. The number of ether oxygens (including phenoxy) is 6. The van der Waals surface area contributed by atoms with Crippen LogP contribution in [0.25, 0.3) is 0 Å². The van der Waals surface area contributed by atoms with Crippen LogP contribution >= 0.6 is 0 Å². The van der Waals surface area contributed by atoms with Crippen LogP contribution in [0.3, 0.4) is 0 Å². The standard InChI is InChI=1S/C46H71NO13/c1-11-14-33-20-26(2)19-27(3)21-39(56-9)42-40(57-10)23-29(5)46(54,60-42)43(51)44(52)47-18-13-12-15-34(47)45(53)59-41(30(6)35(49)25-36(33)50)28(4)22-32-16-17-37(58-31(7)48)38(24-32)55-8/h11,20,22,27,29-30,32-35,37-42,49,54H,1,12-19,21,23-25H2,2-10H3. The van der Waals surface area contributed by atoms with Crippen molar-refractivity contribution in [2.24, 2.45) is 29.6 Å². The van der Waals surface area contributed by atoms with Crippen molar-refractivity contribution in [2.45, 2.75) is 167 Å². The third-order valence-electron chi connectivity index (χ3n) is 13.2. The summed E-state index contributed by atoms with van der Waals surface area (Å²) in [7, 11) is 4.61. The molecule has 14 nitrogen and oxygen atoms in total. The van der Waals surface area contributed by atoms with Crippen LogP contribution in [0.5, 0.6) is 0 Å². The molecule has 4 rings (SSSR count). The number of cyclic esters (lactones) is 1. The second-order valence-corrected chi connectivity index (χ2v) is 17.9. The van der Waals surface area contributed by atoms with Crippen molar-refractivity contribution >= 4 is 29.4 Å². The van der Waals surface area contributed by atoms with Gasteiger partial charge in [0.15, 0.2) is 0 Å². The number of aliphatic hydroxyl groups is 2. The van der Waals surface area contributed by atoms with E-state index < -0.39 is 83.9 Å². The quantitative estimate of drug-likeness (QED) is 0.185. The summed E-state index contributed by atoms with van der Waals surface area (Å²) in [6.45, 7) is 14.5. The van der Waals surface area contributed by atoms with Crippen molar-refractivity contribution in [3.05, 3.63) is 36.0 Å². The normalized spacial score (nSPS) is 38.5. The van der Waals surface area contributed by atoms with Crippen molar-refractivity contribution in [3.8, 4) is 0 Å². The Morgan fingerprint density at radius 2 is 1.60 bits per heavy atom. The number of Topliss-reactive ketones (excluding diaryl/α,β-unsaturated/α-hetero) is 2. The molecule has 0 spiro atoms. The molecule has 3 fully saturated rings. The molecule has 0 aromatic rings. The summed E-state index contributed by atoms with van der Waals surface area (Å²) in [4.78, 5) is 69.8. The minimum absolute atomic E-state index is 0.0000402. The summed E-state index contributed by atoms with van der Waals surface area (Å²) in [5.74, 6) is -8.31. The van der Waals surface area contributed by atoms with Gasteiger partial charge in [-0.05, 0) is 95.5 Å². The van der Waals surface area contributed by atoms with Crippen LogP contribution in [0.2, 0.25) is 0 Å². The Balaban J connectivity index is 1.77. The number of rotatable bonds is 8. The Bertz CT molecular complexity index is 1590. The van der Waals surface area contributed by atoms with Crippen LogP contribution in [-0.4, -0.2) is 127 Å². The number of aliphatic hydroxyl groups excluding tert-OH is 1. The number of fused-ring (bicyclic) bond motifs is 3. The Labute approximate surface area is 356 Å². The number of amides is 1. The number of methoxy groups -OCH3 is 3. The third-order valence-corrected chi connectivity index (χ3v) is 13.2. The van der Waals surface area contributed by atoms with Crippen LogP contribution in [-0.2, 0) is 52.4 Å². The number of piperidine rings is 1. The van der Waals surface area contributed by atoms with E-state index in [9.17, 15) is 34.2 Å². The van der Waals surface area contributed by atoms with Crippen molar-refractivity contribution in [1.29, 1.82) is 0 Å². The smallest absolute Gasteiger partial charge is 0.329 e. The minimum Gasteiger partial charge on any atom is -0.460 e. The summed E-state index contributed by atoms with van der Waals surface area (Å²) >= 11 is 0. The SMILES string of the molecule is C=CCC1C=C(C)CC(C)CC(OC)C2OC(O)(C(=O)C(=O)N3CCCCC3C(=O)OC(C(C)=CC3CCC(OC(C)=O)C(OC)C3)C(C)C(O)CC1=O)C(C)CC2OC. The molecule has 2 saturated heterocycles. The first-order valence-electron chi connectivity index (χ1n) is 21.8. The second kappa shape index (κ2) is 22.2. The minimum atomic E-state index is -2.52. The monoisotopic (exact) mass is 845 g/mol. The summed E-state index contributed by atoms with van der Waals surface area (Å²) in [6.07, 6.45) is 4.94. The number of nitrogens with zero attached hydrogens (tertiary/aromatic N) is 1. The van der Waals surface area contributed by atoms with E-state index in [0.29, 0.717) is 56.9 Å². The zero-order valence-electron chi connectivity index (χ0n) is 37.3. The zero-order chi connectivity index (χ0) is 44.5. The molecule has 60 heavy (non-hydrogen) atoms. The summed E-state index contributed by atoms with van der Waals surface area (Å²) in [5.41, 5.74) is 1.58. The van der Waals surface area contributed by atoms with Crippen molar-refractivity contribution in [2.75, 3.05) is 27.9 Å². The average molecular weight is 846 g/mol. The van der Waals surface area contributed by atoms with Gasteiger partial charge >= 0.3 is 11.9 Å². The fourth-order valence-corrected chi connectivity index (χ4v) is 9.76. The average Bonchev–Trinajstić information content (AvgIpc) is 3.21. The molecule has 2 N–H and O–H groups in total. The number of allylic oxidation sites excluding steroid dienone is 4. The largest absolute Gasteiger partial charge is 0.460 e. The maximum atomic E-state index is 14.4. The highest BCUT2D eigenvalue weighted by atomic mass is 16.7. The molecule has 0 aromatic carbocycles. The van der Waals surface area contributed by atoms with Gasteiger partial charge in [0.2, 0.25) is 5.79 Å². The number of carbonyl (C=O) groups excluding carboxylic acids is 5. The Morgan fingerprint density at radius 1 is 0.933 bits per heavy atom. The van der Waals surface area contributed by atoms with Crippen LogP contribution in [0, 0.1) is 29.6 Å². The first kappa shape index (κ1) is 49.4. The van der Waals surface area contributed by atoms with E-state index >= 15 is 0 Å². The Kier molecular flexibility index (Phi) is 18.3. The second-order valence-electron chi connectivity index (χ2n) is 17.9. The number of esters is 2. The lowest BCUT2D eigenvalue weighted by Crippen LogP contribution is -2.64. The van der Waals surface area contributed by atoms with E-state index in [0.717, 1.165) is 5.57 Å². The molecule has 338 valence electrons. The Morgan fingerprint density at radius 3 is 2.23 bits per heavy atom. The van der Waals surface area contributed by atoms with Crippen molar-refractivity contribution in [3.63, 3.8) is 0 Å². The van der Waals surface area contributed by atoms with Crippen LogP contribution in [0.1, 0.15) is 112 Å². The van der Waals surface area contributed by atoms with Crippen molar-refractivity contribution < 1.29 is 62.6 Å². The van der Waals surface area contributed by atoms with Crippen molar-refractivity contribution in [1.82, 2.24) is 4.90 Å². The number of hydrogen-bond acceptors (Lipinski definition) is 13. The van der Waals surface area contributed by atoms with Crippen LogP contribution in [0.4, 0.5) is 0 Å². The molecule has 14 heteroatoms. The van der Waals surface area contributed by atoms with Crippen LogP contribution in [0.15, 0.2) is 36.0 Å².